The molecule has 0 spiro atoms. The molecule has 0 saturated carbocycles. The molecule has 1 aliphatic heterocycles. The summed E-state index contributed by atoms with van der Waals surface area (Å²) < 4.78 is 5.80. The minimum absolute atomic E-state index is 0.150. The summed E-state index contributed by atoms with van der Waals surface area (Å²) >= 11 is 6.42. The highest BCUT2D eigenvalue weighted by molar-refractivity contribution is 6.64. The first-order valence-electron chi connectivity index (χ1n) is 5.18. The van der Waals surface area contributed by atoms with Crippen LogP contribution in [0.4, 0.5) is 0 Å². The average Bonchev–Trinajstić information content (AvgIpc) is 2.30. The first-order valence-corrected chi connectivity index (χ1v) is 7.57. The molecule has 3 heteroatoms. The van der Waals surface area contributed by atoms with Crippen molar-refractivity contribution in [3.63, 3.8) is 0 Å². The number of benzene rings is 1. The molecule has 0 radical (unpaired) electrons. The molecular weight excluding hydrogens is 212 g/mol. The normalized spacial score (nSPS) is 24.5. The van der Waals surface area contributed by atoms with Crippen LogP contribution in [-0.2, 0) is 4.43 Å². The lowest BCUT2D eigenvalue weighted by molar-refractivity contribution is 0.285. The maximum absolute atomic E-state index is 6.42. The van der Waals surface area contributed by atoms with Crippen molar-refractivity contribution in [1.82, 2.24) is 0 Å². The Morgan fingerprint density at radius 1 is 1.21 bits per heavy atom. The molecule has 2 atom stereocenters. The van der Waals surface area contributed by atoms with Crippen LogP contribution in [-0.4, -0.2) is 15.6 Å². The van der Waals surface area contributed by atoms with E-state index in [-0.39, 0.29) is 5.00 Å². The third-order valence-corrected chi connectivity index (χ3v) is 6.43. The molecule has 76 valence electrons. The van der Waals surface area contributed by atoms with E-state index < -0.39 is 9.04 Å². The number of hydrogen-bond donors (Lipinski definition) is 0. The van der Waals surface area contributed by atoms with E-state index in [1.807, 2.05) is 18.2 Å². The van der Waals surface area contributed by atoms with Crippen molar-refractivity contribution in [3.05, 3.63) is 35.9 Å². The zero-order valence-corrected chi connectivity index (χ0v) is 10.1. The van der Waals surface area contributed by atoms with Crippen LogP contribution in [0.15, 0.2) is 30.3 Å². The van der Waals surface area contributed by atoms with E-state index in [0.717, 1.165) is 6.61 Å². The first-order chi connectivity index (χ1) is 6.88. The van der Waals surface area contributed by atoms with Crippen LogP contribution in [0.5, 0.6) is 0 Å². The molecule has 1 aromatic rings. The second-order valence-electron chi connectivity index (χ2n) is 3.72. The summed E-state index contributed by atoms with van der Waals surface area (Å²) in [4.78, 5) is 0. The summed E-state index contributed by atoms with van der Waals surface area (Å²) in [6, 6.07) is 11.5. The SMILES string of the molecule is Cl[C@H](c1ccccc1)[SiH]1CCCCO1. The van der Waals surface area contributed by atoms with Gasteiger partial charge in [-0.2, -0.15) is 0 Å². The Labute approximate surface area is 91.8 Å². The molecule has 1 unspecified atom stereocenters. The summed E-state index contributed by atoms with van der Waals surface area (Å²) in [5, 5.41) is 0.150. The molecule has 0 amide bonds. The van der Waals surface area contributed by atoms with Crippen molar-refractivity contribution in [2.45, 2.75) is 23.9 Å². The predicted octanol–water partition coefficient (Wildman–Crippen LogP) is 3.04. The Bertz CT molecular complexity index is 272. The third kappa shape index (κ3) is 2.38. The van der Waals surface area contributed by atoms with Gasteiger partial charge in [0, 0.05) is 6.61 Å². The second-order valence-corrected chi connectivity index (χ2v) is 7.26. The zero-order chi connectivity index (χ0) is 9.80. The first kappa shape index (κ1) is 10.2. The van der Waals surface area contributed by atoms with E-state index in [9.17, 15) is 0 Å². The van der Waals surface area contributed by atoms with E-state index in [4.69, 9.17) is 16.0 Å². The van der Waals surface area contributed by atoms with Crippen LogP contribution in [0.1, 0.15) is 23.4 Å². The standard InChI is InChI=1S/C11H15ClOSi/c12-11(10-6-2-1-3-7-10)14-9-5-4-8-13-14/h1-3,6-7,11,14H,4-5,8-9H2/t11-,14?/m0/s1. The molecule has 2 rings (SSSR count). The quantitative estimate of drug-likeness (QED) is 0.557. The molecule has 0 aromatic heterocycles. The number of hydrogen-bond acceptors (Lipinski definition) is 1. The Hall–Kier alpha value is -0.313. The van der Waals surface area contributed by atoms with Crippen molar-refractivity contribution in [3.8, 4) is 0 Å². The number of halogens is 1. The molecule has 1 aliphatic rings. The summed E-state index contributed by atoms with van der Waals surface area (Å²) in [5.41, 5.74) is 1.23. The molecule has 1 heterocycles. The Balaban J connectivity index is 2.03. The maximum atomic E-state index is 6.42. The van der Waals surface area contributed by atoms with Gasteiger partial charge in [0.1, 0.15) is 0 Å². The van der Waals surface area contributed by atoms with Gasteiger partial charge in [-0.3, -0.25) is 0 Å². The van der Waals surface area contributed by atoms with Gasteiger partial charge < -0.3 is 4.43 Å². The van der Waals surface area contributed by atoms with Gasteiger partial charge in [-0.05, 0) is 18.0 Å². The van der Waals surface area contributed by atoms with Crippen LogP contribution >= 0.6 is 11.6 Å². The van der Waals surface area contributed by atoms with Crippen molar-refractivity contribution in [2.24, 2.45) is 0 Å². The van der Waals surface area contributed by atoms with Gasteiger partial charge in [-0.1, -0.05) is 36.8 Å². The fourth-order valence-electron chi connectivity index (χ4n) is 1.85. The number of alkyl halides is 1. The smallest absolute Gasteiger partial charge is 0.198 e. The largest absolute Gasteiger partial charge is 0.418 e. The molecule has 1 aromatic carbocycles. The Morgan fingerprint density at radius 2 is 2.00 bits per heavy atom. The Morgan fingerprint density at radius 3 is 2.64 bits per heavy atom. The summed E-state index contributed by atoms with van der Waals surface area (Å²) in [6.07, 6.45) is 2.51. The average molecular weight is 227 g/mol. The van der Waals surface area contributed by atoms with Gasteiger partial charge >= 0.3 is 0 Å². The highest BCUT2D eigenvalue weighted by Gasteiger charge is 2.25. The van der Waals surface area contributed by atoms with Crippen molar-refractivity contribution in [2.75, 3.05) is 6.61 Å². The molecule has 0 bridgehead atoms. The van der Waals surface area contributed by atoms with Crippen LogP contribution < -0.4 is 0 Å². The van der Waals surface area contributed by atoms with E-state index >= 15 is 0 Å². The van der Waals surface area contributed by atoms with E-state index in [2.05, 4.69) is 12.1 Å². The molecule has 14 heavy (non-hydrogen) atoms. The van der Waals surface area contributed by atoms with Crippen LogP contribution in [0, 0.1) is 0 Å². The van der Waals surface area contributed by atoms with Crippen molar-refractivity contribution in [1.29, 1.82) is 0 Å². The van der Waals surface area contributed by atoms with E-state index in [0.29, 0.717) is 0 Å². The van der Waals surface area contributed by atoms with Crippen molar-refractivity contribution >= 4 is 20.6 Å². The van der Waals surface area contributed by atoms with Crippen LogP contribution in [0.2, 0.25) is 6.04 Å². The van der Waals surface area contributed by atoms with Gasteiger partial charge in [0.05, 0.1) is 5.00 Å². The second kappa shape index (κ2) is 4.96. The third-order valence-electron chi connectivity index (χ3n) is 2.66. The van der Waals surface area contributed by atoms with E-state index in [1.54, 1.807) is 0 Å². The summed E-state index contributed by atoms with van der Waals surface area (Å²) in [5.74, 6) is 0. The number of rotatable bonds is 2. The maximum Gasteiger partial charge on any atom is 0.198 e. The van der Waals surface area contributed by atoms with Gasteiger partial charge in [0.2, 0.25) is 0 Å². The molecule has 0 N–H and O–H groups in total. The minimum atomic E-state index is -1.18. The fourth-order valence-corrected chi connectivity index (χ4v) is 5.03. The lowest BCUT2D eigenvalue weighted by Gasteiger charge is -2.25. The van der Waals surface area contributed by atoms with Crippen LogP contribution in [0.3, 0.4) is 0 Å². The highest BCUT2D eigenvalue weighted by Crippen LogP contribution is 2.29. The molecule has 1 nitrogen and oxygen atoms in total. The minimum Gasteiger partial charge on any atom is -0.418 e. The van der Waals surface area contributed by atoms with E-state index in [1.165, 1.54) is 24.4 Å². The molecule has 1 fully saturated rings. The van der Waals surface area contributed by atoms with Crippen molar-refractivity contribution < 1.29 is 4.43 Å². The lowest BCUT2D eigenvalue weighted by Crippen LogP contribution is -2.28. The monoisotopic (exact) mass is 226 g/mol. The fraction of sp³-hybridized carbons (Fsp3) is 0.455. The topological polar surface area (TPSA) is 9.23 Å². The zero-order valence-electron chi connectivity index (χ0n) is 8.16. The van der Waals surface area contributed by atoms with Crippen LogP contribution in [0.25, 0.3) is 0 Å². The summed E-state index contributed by atoms with van der Waals surface area (Å²) in [7, 11) is -1.18. The van der Waals surface area contributed by atoms with Gasteiger partial charge in [0.15, 0.2) is 9.04 Å². The molecular formula is C11H15ClOSi. The van der Waals surface area contributed by atoms with Gasteiger partial charge in [0.25, 0.3) is 0 Å². The predicted molar refractivity (Wildman–Crippen MR) is 62.2 cm³/mol. The van der Waals surface area contributed by atoms with Gasteiger partial charge in [-0.25, -0.2) is 0 Å². The lowest BCUT2D eigenvalue weighted by atomic mass is 10.2. The Kier molecular flexibility index (Phi) is 3.62. The summed E-state index contributed by atoms with van der Waals surface area (Å²) in [6.45, 7) is 0.924. The molecule has 1 saturated heterocycles. The van der Waals surface area contributed by atoms with Gasteiger partial charge in [-0.15, -0.1) is 11.6 Å². The molecule has 0 aliphatic carbocycles. The highest BCUT2D eigenvalue weighted by atomic mass is 35.5.